The summed E-state index contributed by atoms with van der Waals surface area (Å²) in [4.78, 5) is 18.3. The molecule has 2 heterocycles. The largest absolute Gasteiger partial charge is 0.438 e. The van der Waals surface area contributed by atoms with E-state index >= 15 is 0 Å². The number of furan rings is 1. The van der Waals surface area contributed by atoms with Gasteiger partial charge in [-0.1, -0.05) is 71.9 Å². The van der Waals surface area contributed by atoms with Gasteiger partial charge in [-0.05, 0) is 17.0 Å². The minimum atomic E-state index is -0.479. The zero-order valence-corrected chi connectivity index (χ0v) is 17.1. The average Bonchev–Trinajstić information content (AvgIpc) is 3.45. The normalized spacial score (nSPS) is 10.7. The molecular weight excluding hydrogens is 410 g/mol. The molecule has 31 heavy (non-hydrogen) atoms. The molecule has 0 unspecified atom stereocenters. The second-order valence-electron chi connectivity index (χ2n) is 6.43. The van der Waals surface area contributed by atoms with Gasteiger partial charge in [0.2, 0.25) is 5.88 Å². The fraction of sp³-hybridized carbons (Fsp3) is 0.0417. The van der Waals surface area contributed by atoms with Gasteiger partial charge in [-0.25, -0.2) is 0 Å². The van der Waals surface area contributed by atoms with Crippen LogP contribution in [0.2, 0.25) is 0 Å². The smallest absolute Gasteiger partial charge is 0.267 e. The van der Waals surface area contributed by atoms with E-state index in [0.717, 1.165) is 16.0 Å². The maximum absolute atomic E-state index is 12.4. The summed E-state index contributed by atoms with van der Waals surface area (Å²) in [6, 6.07) is 24.9. The zero-order valence-electron chi connectivity index (χ0n) is 16.3. The predicted molar refractivity (Wildman–Crippen MR) is 121 cm³/mol. The Morgan fingerprint density at radius 2 is 1.77 bits per heavy atom. The number of nitrogens with zero attached hydrogens (tertiary/aromatic N) is 2. The Balaban J connectivity index is 1.60. The van der Waals surface area contributed by atoms with Gasteiger partial charge in [-0.15, -0.1) is 11.3 Å². The summed E-state index contributed by atoms with van der Waals surface area (Å²) in [5, 5.41) is 18.2. The first kappa shape index (κ1) is 20.1. The van der Waals surface area contributed by atoms with E-state index in [2.05, 4.69) is 16.5 Å². The molecule has 4 aromatic rings. The van der Waals surface area contributed by atoms with E-state index < -0.39 is 5.91 Å². The lowest BCUT2D eigenvalue weighted by Crippen LogP contribution is -2.17. The number of rotatable bonds is 7. The number of oxime groups is 1. The van der Waals surface area contributed by atoms with E-state index in [4.69, 9.17) is 9.25 Å². The SMILES string of the molecule is N#Cc1c(NC(=O)CO/N=C/c2cccs2)oc(-c2ccccc2)c1-c1ccccc1. The second-order valence-corrected chi connectivity index (χ2v) is 7.40. The fourth-order valence-corrected chi connectivity index (χ4v) is 3.59. The van der Waals surface area contributed by atoms with Crippen LogP contribution in [-0.4, -0.2) is 18.7 Å². The van der Waals surface area contributed by atoms with Gasteiger partial charge in [-0.2, -0.15) is 5.26 Å². The Morgan fingerprint density at radius 3 is 2.42 bits per heavy atom. The van der Waals surface area contributed by atoms with Crippen molar-refractivity contribution in [2.75, 3.05) is 11.9 Å². The topological polar surface area (TPSA) is 87.6 Å². The lowest BCUT2D eigenvalue weighted by Gasteiger charge is -2.03. The van der Waals surface area contributed by atoms with Crippen molar-refractivity contribution in [2.45, 2.75) is 0 Å². The van der Waals surface area contributed by atoms with E-state index in [0.29, 0.717) is 11.3 Å². The van der Waals surface area contributed by atoms with Crippen LogP contribution in [0.25, 0.3) is 22.5 Å². The number of hydrogen-bond donors (Lipinski definition) is 1. The molecule has 0 saturated heterocycles. The van der Waals surface area contributed by atoms with Crippen LogP contribution in [0.5, 0.6) is 0 Å². The molecule has 6 nitrogen and oxygen atoms in total. The molecule has 152 valence electrons. The minimum absolute atomic E-state index is 0.0797. The monoisotopic (exact) mass is 427 g/mol. The van der Waals surface area contributed by atoms with Gasteiger partial charge in [-0.3, -0.25) is 10.1 Å². The summed E-state index contributed by atoms with van der Waals surface area (Å²) < 4.78 is 5.97. The van der Waals surface area contributed by atoms with E-state index in [1.54, 1.807) is 0 Å². The number of anilines is 1. The van der Waals surface area contributed by atoms with Crippen LogP contribution < -0.4 is 5.32 Å². The maximum Gasteiger partial charge on any atom is 0.267 e. The Hall–Kier alpha value is -4.15. The molecule has 0 aliphatic carbocycles. The molecule has 0 aliphatic heterocycles. The van der Waals surface area contributed by atoms with Crippen molar-refractivity contribution in [1.29, 1.82) is 5.26 Å². The van der Waals surface area contributed by atoms with E-state index in [9.17, 15) is 10.1 Å². The van der Waals surface area contributed by atoms with E-state index in [1.165, 1.54) is 17.6 Å². The molecule has 0 aliphatic rings. The third kappa shape index (κ3) is 4.71. The lowest BCUT2D eigenvalue weighted by molar-refractivity contribution is -0.120. The minimum Gasteiger partial charge on any atom is -0.438 e. The number of benzene rings is 2. The second kappa shape index (κ2) is 9.57. The molecule has 0 spiro atoms. The first-order chi connectivity index (χ1) is 15.3. The van der Waals surface area contributed by atoms with Gasteiger partial charge < -0.3 is 9.25 Å². The number of hydrogen-bond acceptors (Lipinski definition) is 6. The van der Waals surface area contributed by atoms with Crippen LogP contribution in [0.4, 0.5) is 5.88 Å². The van der Waals surface area contributed by atoms with Crippen molar-refractivity contribution >= 4 is 29.3 Å². The van der Waals surface area contributed by atoms with Crippen molar-refractivity contribution in [2.24, 2.45) is 5.16 Å². The predicted octanol–water partition coefficient (Wildman–Crippen LogP) is 5.54. The summed E-state index contributed by atoms with van der Waals surface area (Å²) in [6.07, 6.45) is 1.53. The molecular formula is C24H17N3O3S. The Kier molecular flexibility index (Phi) is 6.21. The molecule has 2 aromatic carbocycles. The van der Waals surface area contributed by atoms with Gasteiger partial charge in [0.05, 0.1) is 6.21 Å². The average molecular weight is 427 g/mol. The highest BCUT2D eigenvalue weighted by Gasteiger charge is 2.24. The van der Waals surface area contributed by atoms with Gasteiger partial charge in [0.1, 0.15) is 17.4 Å². The van der Waals surface area contributed by atoms with Crippen LogP contribution in [-0.2, 0) is 9.63 Å². The van der Waals surface area contributed by atoms with Gasteiger partial charge >= 0.3 is 0 Å². The molecule has 0 bridgehead atoms. The third-order valence-corrected chi connectivity index (χ3v) is 5.17. The molecule has 0 atom stereocenters. The first-order valence-corrected chi connectivity index (χ1v) is 10.3. The van der Waals surface area contributed by atoms with Gasteiger partial charge in [0.15, 0.2) is 6.61 Å². The Bertz CT molecular complexity index is 1220. The fourth-order valence-electron chi connectivity index (χ4n) is 3.01. The van der Waals surface area contributed by atoms with Crippen molar-refractivity contribution in [3.63, 3.8) is 0 Å². The van der Waals surface area contributed by atoms with Crippen molar-refractivity contribution < 1.29 is 14.0 Å². The molecule has 0 radical (unpaired) electrons. The van der Waals surface area contributed by atoms with Crippen LogP contribution >= 0.6 is 11.3 Å². The number of carbonyl (C=O) groups is 1. The lowest BCUT2D eigenvalue weighted by atomic mass is 9.98. The van der Waals surface area contributed by atoms with Crippen molar-refractivity contribution in [1.82, 2.24) is 0 Å². The van der Waals surface area contributed by atoms with Crippen LogP contribution in [0, 0.1) is 11.3 Å². The molecule has 2 aromatic heterocycles. The quantitative estimate of drug-likeness (QED) is 0.310. The molecule has 4 rings (SSSR count). The summed E-state index contributed by atoms with van der Waals surface area (Å²) in [5.74, 6) is 0.110. The molecule has 7 heteroatoms. The van der Waals surface area contributed by atoms with Crippen LogP contribution in [0.1, 0.15) is 10.4 Å². The van der Waals surface area contributed by atoms with Crippen LogP contribution in [0.15, 0.2) is 87.7 Å². The highest BCUT2D eigenvalue weighted by Crippen LogP contribution is 2.41. The van der Waals surface area contributed by atoms with Crippen LogP contribution in [0.3, 0.4) is 0 Å². The number of carbonyl (C=O) groups excluding carboxylic acids is 1. The standard InChI is InChI=1S/C24H17N3O3S/c25-14-20-22(17-8-3-1-4-9-17)23(18-10-5-2-6-11-18)30-24(20)27-21(28)16-29-26-15-19-12-7-13-31-19/h1-13,15H,16H2,(H,27,28)/b26-15+. The third-order valence-electron chi connectivity index (χ3n) is 4.36. The van der Waals surface area contributed by atoms with Gasteiger partial charge in [0.25, 0.3) is 5.91 Å². The number of amides is 1. The summed E-state index contributed by atoms with van der Waals surface area (Å²) >= 11 is 1.51. The van der Waals surface area contributed by atoms with E-state index in [1.807, 2.05) is 78.2 Å². The summed E-state index contributed by atoms with van der Waals surface area (Å²) in [5.41, 5.74) is 2.50. The van der Waals surface area contributed by atoms with Crippen molar-refractivity contribution in [3.05, 3.63) is 88.6 Å². The van der Waals surface area contributed by atoms with Gasteiger partial charge in [0, 0.05) is 16.0 Å². The molecule has 0 saturated carbocycles. The number of thiophene rings is 1. The zero-order chi connectivity index (χ0) is 21.5. The molecule has 1 N–H and O–H groups in total. The number of nitriles is 1. The highest BCUT2D eigenvalue weighted by molar-refractivity contribution is 7.11. The molecule has 1 amide bonds. The molecule has 0 fully saturated rings. The summed E-state index contributed by atoms with van der Waals surface area (Å²) in [7, 11) is 0. The number of nitrogens with one attached hydrogen (secondary N) is 1. The Morgan fingerprint density at radius 1 is 1.06 bits per heavy atom. The highest BCUT2D eigenvalue weighted by atomic mass is 32.1. The Labute approximate surface area is 183 Å². The van der Waals surface area contributed by atoms with Crippen molar-refractivity contribution in [3.8, 4) is 28.5 Å². The summed E-state index contributed by atoms with van der Waals surface area (Å²) in [6.45, 7) is -0.311. The maximum atomic E-state index is 12.4. The van der Waals surface area contributed by atoms with E-state index in [-0.39, 0.29) is 18.1 Å². The first-order valence-electron chi connectivity index (χ1n) is 9.42.